The Hall–Kier alpha value is -0.650. The molecule has 3 aliphatic rings. The molecule has 0 aromatic heterocycles. The summed E-state index contributed by atoms with van der Waals surface area (Å²) in [5, 5.41) is 0. The number of piperidine rings is 2. The van der Waals surface area contributed by atoms with E-state index in [1.165, 1.54) is 12.8 Å². The minimum atomic E-state index is -0.375. The molecule has 0 radical (unpaired) electrons. The number of hydrogen-bond donors (Lipinski definition) is 0. The maximum Gasteiger partial charge on any atom is 0.223 e. The predicted molar refractivity (Wildman–Crippen MR) is 79.9 cm³/mol. The number of rotatable bonds is 3. The van der Waals surface area contributed by atoms with E-state index in [9.17, 15) is 4.79 Å². The minimum Gasteiger partial charge on any atom is -0.347 e. The van der Waals surface area contributed by atoms with Gasteiger partial charge in [-0.25, -0.2) is 0 Å². The molecule has 0 aromatic rings. The van der Waals surface area contributed by atoms with Crippen LogP contribution in [0.3, 0.4) is 0 Å². The molecule has 3 rings (SSSR count). The summed E-state index contributed by atoms with van der Waals surface area (Å²) in [4.78, 5) is 16.8. The van der Waals surface area contributed by atoms with Crippen LogP contribution in [0.25, 0.3) is 0 Å². The lowest BCUT2D eigenvalue weighted by Gasteiger charge is -2.38. The summed E-state index contributed by atoms with van der Waals surface area (Å²) >= 11 is 0. The van der Waals surface area contributed by atoms with Crippen molar-refractivity contribution < 1.29 is 14.3 Å². The molecule has 3 aliphatic heterocycles. The van der Waals surface area contributed by atoms with Crippen molar-refractivity contribution in [3.63, 3.8) is 0 Å². The van der Waals surface area contributed by atoms with Gasteiger partial charge in [0.1, 0.15) is 0 Å². The number of likely N-dealkylation sites (tertiary alicyclic amines) is 2. The van der Waals surface area contributed by atoms with E-state index < -0.39 is 0 Å². The van der Waals surface area contributed by atoms with Crippen LogP contribution in [0, 0.1) is 5.92 Å². The quantitative estimate of drug-likeness (QED) is 0.791. The summed E-state index contributed by atoms with van der Waals surface area (Å²) in [6.07, 6.45) is 4.84. The normalized spacial score (nSPS) is 27.4. The van der Waals surface area contributed by atoms with E-state index in [0.717, 1.165) is 51.5 Å². The van der Waals surface area contributed by atoms with Gasteiger partial charge in [0.15, 0.2) is 5.79 Å². The molecule has 5 heteroatoms. The molecule has 0 unspecified atom stereocenters. The SMILES string of the molecule is CC1CCN(CCC(=O)N2CCC3(CC2)OCCO3)CC1. The standard InChI is InChI=1S/C16H28N2O3/c1-14-2-7-17(8-3-14)9-4-15(19)18-10-5-16(6-11-18)20-12-13-21-16/h14H,2-13H2,1H3. The highest BCUT2D eigenvalue weighted by Gasteiger charge is 2.40. The second kappa shape index (κ2) is 6.63. The first-order chi connectivity index (χ1) is 10.2. The zero-order chi connectivity index (χ0) is 14.7. The molecule has 120 valence electrons. The van der Waals surface area contributed by atoms with Crippen LogP contribution in [0.4, 0.5) is 0 Å². The van der Waals surface area contributed by atoms with Crippen molar-refractivity contribution in [1.82, 2.24) is 9.80 Å². The summed E-state index contributed by atoms with van der Waals surface area (Å²) in [6, 6.07) is 0. The van der Waals surface area contributed by atoms with E-state index in [4.69, 9.17) is 9.47 Å². The maximum absolute atomic E-state index is 12.3. The van der Waals surface area contributed by atoms with Crippen LogP contribution in [0.2, 0.25) is 0 Å². The average Bonchev–Trinajstić information content (AvgIpc) is 2.95. The molecule has 0 N–H and O–H groups in total. The highest BCUT2D eigenvalue weighted by molar-refractivity contribution is 5.76. The summed E-state index contributed by atoms with van der Waals surface area (Å²) in [5.41, 5.74) is 0. The van der Waals surface area contributed by atoms with Crippen molar-refractivity contribution in [3.8, 4) is 0 Å². The fourth-order valence-electron chi connectivity index (χ4n) is 3.58. The Morgan fingerprint density at radius 3 is 2.33 bits per heavy atom. The summed E-state index contributed by atoms with van der Waals surface area (Å²) in [7, 11) is 0. The van der Waals surface area contributed by atoms with E-state index >= 15 is 0 Å². The largest absolute Gasteiger partial charge is 0.347 e. The fourth-order valence-corrected chi connectivity index (χ4v) is 3.58. The van der Waals surface area contributed by atoms with Gasteiger partial charge in [-0.2, -0.15) is 0 Å². The minimum absolute atomic E-state index is 0.293. The van der Waals surface area contributed by atoms with Crippen molar-refractivity contribution in [2.24, 2.45) is 5.92 Å². The molecule has 1 amide bonds. The van der Waals surface area contributed by atoms with E-state index in [1.54, 1.807) is 0 Å². The van der Waals surface area contributed by atoms with Crippen LogP contribution in [0.5, 0.6) is 0 Å². The number of carbonyl (C=O) groups excluding carboxylic acids is 1. The van der Waals surface area contributed by atoms with Crippen molar-refractivity contribution in [3.05, 3.63) is 0 Å². The molecule has 0 bridgehead atoms. The first-order valence-electron chi connectivity index (χ1n) is 8.45. The number of nitrogens with zero attached hydrogens (tertiary/aromatic N) is 2. The highest BCUT2D eigenvalue weighted by Crippen LogP contribution is 2.31. The molecular formula is C16H28N2O3. The summed E-state index contributed by atoms with van der Waals surface area (Å²) in [6.45, 7) is 8.48. The fraction of sp³-hybridized carbons (Fsp3) is 0.938. The summed E-state index contributed by atoms with van der Waals surface area (Å²) < 4.78 is 11.4. The molecule has 5 nitrogen and oxygen atoms in total. The van der Waals surface area contributed by atoms with Gasteiger partial charge < -0.3 is 19.3 Å². The highest BCUT2D eigenvalue weighted by atomic mass is 16.7. The van der Waals surface area contributed by atoms with Gasteiger partial charge in [0, 0.05) is 38.9 Å². The molecule has 0 aliphatic carbocycles. The van der Waals surface area contributed by atoms with Gasteiger partial charge in [-0.15, -0.1) is 0 Å². The second-order valence-corrected chi connectivity index (χ2v) is 6.76. The van der Waals surface area contributed by atoms with E-state index in [2.05, 4.69) is 11.8 Å². The zero-order valence-electron chi connectivity index (χ0n) is 13.2. The number of ether oxygens (including phenoxy) is 2. The molecule has 1 spiro atoms. The summed E-state index contributed by atoms with van der Waals surface area (Å²) in [5.74, 6) is 0.767. The lowest BCUT2D eigenvalue weighted by atomic mass is 9.99. The Balaban J connectivity index is 1.38. The molecule has 3 saturated heterocycles. The molecule has 0 atom stereocenters. The monoisotopic (exact) mass is 296 g/mol. The van der Waals surface area contributed by atoms with Crippen LogP contribution in [-0.2, 0) is 14.3 Å². The molecule has 0 aromatic carbocycles. The molecular weight excluding hydrogens is 268 g/mol. The first-order valence-corrected chi connectivity index (χ1v) is 8.45. The second-order valence-electron chi connectivity index (χ2n) is 6.76. The van der Waals surface area contributed by atoms with E-state index in [-0.39, 0.29) is 5.79 Å². The third-order valence-corrected chi connectivity index (χ3v) is 5.21. The number of carbonyl (C=O) groups is 1. The van der Waals surface area contributed by atoms with Crippen molar-refractivity contribution >= 4 is 5.91 Å². The smallest absolute Gasteiger partial charge is 0.223 e. The average molecular weight is 296 g/mol. The van der Waals surface area contributed by atoms with Gasteiger partial charge in [0.05, 0.1) is 13.2 Å². The lowest BCUT2D eigenvalue weighted by molar-refractivity contribution is -0.187. The van der Waals surface area contributed by atoms with E-state index in [1.807, 2.05) is 4.90 Å². The molecule has 3 heterocycles. The van der Waals surface area contributed by atoms with Gasteiger partial charge in [0.2, 0.25) is 5.91 Å². The van der Waals surface area contributed by atoms with Crippen LogP contribution in [0.1, 0.15) is 39.0 Å². The van der Waals surface area contributed by atoms with Crippen LogP contribution < -0.4 is 0 Å². The Morgan fingerprint density at radius 1 is 1.10 bits per heavy atom. The molecule has 3 fully saturated rings. The number of hydrogen-bond acceptors (Lipinski definition) is 4. The Kier molecular flexibility index (Phi) is 4.82. The van der Waals surface area contributed by atoms with Gasteiger partial charge in [-0.1, -0.05) is 6.92 Å². The Morgan fingerprint density at radius 2 is 1.71 bits per heavy atom. The van der Waals surface area contributed by atoms with Gasteiger partial charge in [-0.05, 0) is 31.8 Å². The zero-order valence-corrected chi connectivity index (χ0v) is 13.2. The predicted octanol–water partition coefficient (Wildman–Crippen LogP) is 1.47. The third kappa shape index (κ3) is 3.76. The van der Waals surface area contributed by atoms with Crippen LogP contribution in [0.15, 0.2) is 0 Å². The van der Waals surface area contributed by atoms with Gasteiger partial charge in [-0.3, -0.25) is 4.79 Å². The lowest BCUT2D eigenvalue weighted by Crippen LogP contribution is -2.48. The van der Waals surface area contributed by atoms with Gasteiger partial charge >= 0.3 is 0 Å². The molecule has 21 heavy (non-hydrogen) atoms. The van der Waals surface area contributed by atoms with Gasteiger partial charge in [0.25, 0.3) is 0 Å². The molecule has 0 saturated carbocycles. The van der Waals surface area contributed by atoms with Crippen molar-refractivity contribution in [2.45, 2.75) is 44.8 Å². The third-order valence-electron chi connectivity index (χ3n) is 5.21. The first kappa shape index (κ1) is 15.3. The van der Waals surface area contributed by atoms with Crippen LogP contribution in [-0.4, -0.2) is 67.4 Å². The number of amides is 1. The van der Waals surface area contributed by atoms with Crippen molar-refractivity contribution in [1.29, 1.82) is 0 Å². The van der Waals surface area contributed by atoms with E-state index in [0.29, 0.717) is 25.5 Å². The van der Waals surface area contributed by atoms with Crippen LogP contribution >= 0.6 is 0 Å². The Bertz CT molecular complexity index is 351. The maximum atomic E-state index is 12.3. The topological polar surface area (TPSA) is 42.0 Å². The van der Waals surface area contributed by atoms with Crippen molar-refractivity contribution in [2.75, 3.05) is 45.9 Å². The Labute approximate surface area is 127 Å².